The van der Waals surface area contributed by atoms with Gasteiger partial charge in [0.1, 0.15) is 6.10 Å². The van der Waals surface area contributed by atoms with Crippen LogP contribution in [0.4, 0.5) is 0 Å². The van der Waals surface area contributed by atoms with Gasteiger partial charge in [-0.2, -0.15) is 0 Å². The first-order valence-electron chi connectivity index (χ1n) is 31.5. The third-order valence-electron chi connectivity index (χ3n) is 16.1. The molecule has 0 aromatic heterocycles. The molecule has 0 bridgehead atoms. The molecule has 0 atom stereocenters. The van der Waals surface area contributed by atoms with Crippen LogP contribution in [0.15, 0.2) is 0 Å². The van der Waals surface area contributed by atoms with Gasteiger partial charge < -0.3 is 10.1 Å². The molecule has 0 aromatic carbocycles. The normalized spacial score (nSPS) is 14.9. The van der Waals surface area contributed by atoms with Gasteiger partial charge in [0.15, 0.2) is 0 Å². The van der Waals surface area contributed by atoms with Crippen LogP contribution in [0.25, 0.3) is 0 Å². The number of nitrogens with one attached hydrogen (secondary N) is 1. The summed E-state index contributed by atoms with van der Waals surface area (Å²) in [6, 6.07) is 0. The van der Waals surface area contributed by atoms with E-state index in [9.17, 15) is 4.79 Å². The average Bonchev–Trinajstić information content (AvgIpc) is 3.31. The molecule has 0 amide bonds. The van der Waals surface area contributed by atoms with E-state index in [1.54, 1.807) is 0 Å². The van der Waals surface area contributed by atoms with Crippen LogP contribution in [0, 0.1) is 0 Å². The summed E-state index contributed by atoms with van der Waals surface area (Å²) in [4.78, 5) is 13.9. The highest BCUT2D eigenvalue weighted by molar-refractivity contribution is 5.69. The number of piperidine rings is 1. The fourth-order valence-corrected chi connectivity index (χ4v) is 11.9. The fourth-order valence-electron chi connectivity index (χ4n) is 11.9. The van der Waals surface area contributed by atoms with Crippen molar-refractivity contribution in [2.75, 3.05) is 0 Å². The van der Waals surface area contributed by atoms with E-state index in [0.29, 0.717) is 6.42 Å². The molecule has 1 saturated heterocycles. The molecule has 3 heteroatoms. The number of esters is 1. The molecule has 0 saturated carbocycles. The Morgan fingerprint density at radius 1 is 0.318 bits per heavy atom. The molecule has 3 nitrogen and oxygen atoms in total. The highest BCUT2D eigenvalue weighted by Gasteiger charge is 2.47. The summed E-state index contributed by atoms with van der Waals surface area (Å²) in [5.41, 5.74) is 0.200. The summed E-state index contributed by atoms with van der Waals surface area (Å²) in [7, 11) is 0. The molecule has 1 rings (SSSR count). The maximum Gasteiger partial charge on any atom is 0.306 e. The van der Waals surface area contributed by atoms with Crippen LogP contribution in [0.3, 0.4) is 0 Å². The van der Waals surface area contributed by atoms with Crippen LogP contribution in [0.5, 0.6) is 0 Å². The molecule has 1 N–H and O–H groups in total. The van der Waals surface area contributed by atoms with Crippen molar-refractivity contribution in [2.24, 2.45) is 0 Å². The van der Waals surface area contributed by atoms with Crippen LogP contribution in [-0.2, 0) is 9.53 Å². The van der Waals surface area contributed by atoms with Crippen LogP contribution in [-0.4, -0.2) is 23.2 Å². The van der Waals surface area contributed by atoms with Gasteiger partial charge in [-0.05, 0) is 32.1 Å². The van der Waals surface area contributed by atoms with E-state index < -0.39 is 0 Å². The first-order valence-corrected chi connectivity index (χ1v) is 31.5. The minimum absolute atomic E-state index is 0.0706. The van der Waals surface area contributed by atoms with E-state index >= 15 is 0 Å². The number of unbranched alkanes of at least 4 members (excludes halogenated alkanes) is 42. The van der Waals surface area contributed by atoms with Crippen LogP contribution >= 0.6 is 0 Å². The second-order valence-electron chi connectivity index (χ2n) is 22.8. The molecule has 1 aliphatic rings. The van der Waals surface area contributed by atoms with Crippen molar-refractivity contribution in [3.05, 3.63) is 0 Å². The van der Waals surface area contributed by atoms with Crippen LogP contribution in [0.1, 0.15) is 381 Å². The molecule has 394 valence electrons. The van der Waals surface area contributed by atoms with E-state index in [-0.39, 0.29) is 23.2 Å². The van der Waals surface area contributed by atoms with Gasteiger partial charge in [0.2, 0.25) is 0 Å². The highest BCUT2D eigenvalue weighted by Crippen LogP contribution is 2.43. The van der Waals surface area contributed by atoms with Crippen molar-refractivity contribution >= 4 is 5.97 Å². The lowest BCUT2D eigenvalue weighted by Crippen LogP contribution is -2.65. The number of hydrogen-bond acceptors (Lipinski definition) is 3. The molecule has 1 fully saturated rings. The zero-order chi connectivity index (χ0) is 47.8. The van der Waals surface area contributed by atoms with Crippen molar-refractivity contribution in [3.63, 3.8) is 0 Å². The average molecular weight is 929 g/mol. The van der Waals surface area contributed by atoms with Gasteiger partial charge in [-0.25, -0.2) is 0 Å². The lowest BCUT2D eigenvalue weighted by atomic mass is 9.69. The monoisotopic (exact) mass is 928 g/mol. The van der Waals surface area contributed by atoms with Gasteiger partial charge in [-0.15, -0.1) is 0 Å². The minimum atomic E-state index is 0.0706. The first kappa shape index (κ1) is 63.4. The molecule has 0 aromatic rings. The Bertz CT molecular complexity index is 885. The predicted octanol–water partition coefficient (Wildman–Crippen LogP) is 22.1. The quantitative estimate of drug-likeness (QED) is 0.0488. The largest absolute Gasteiger partial charge is 0.462 e. The number of carbonyl (C=O) groups excluding carboxylic acids is 1. The summed E-state index contributed by atoms with van der Waals surface area (Å²) in [5.74, 6) is 0.109. The van der Waals surface area contributed by atoms with E-state index in [1.165, 1.54) is 321 Å². The summed E-state index contributed by atoms with van der Waals surface area (Å²) < 4.78 is 6.77. The van der Waals surface area contributed by atoms with Crippen molar-refractivity contribution in [1.29, 1.82) is 0 Å². The Kier molecular flexibility index (Phi) is 46.2. The van der Waals surface area contributed by atoms with Crippen LogP contribution in [0.2, 0.25) is 0 Å². The third kappa shape index (κ3) is 38.2. The van der Waals surface area contributed by atoms with Crippen molar-refractivity contribution < 1.29 is 9.53 Å². The zero-order valence-corrected chi connectivity index (χ0v) is 46.6. The molecule has 0 unspecified atom stereocenters. The Morgan fingerprint density at radius 3 is 0.742 bits per heavy atom. The minimum Gasteiger partial charge on any atom is -0.462 e. The Morgan fingerprint density at radius 2 is 0.515 bits per heavy atom. The van der Waals surface area contributed by atoms with Crippen LogP contribution < -0.4 is 5.32 Å². The standard InChI is InChI=1S/C63H125NO2/c1-6-11-16-21-26-31-32-33-34-35-36-37-38-43-48-53-61(65)66-60-58-62(54-49-44-39-27-22-17-12-7-2,55-50-45-40-28-23-18-13-8-3)64-63(59-60,56-51-46-41-29-24-19-14-9-4)57-52-47-42-30-25-20-15-10-5/h60,64H,6-59H2,1-5H3. The predicted molar refractivity (Wildman–Crippen MR) is 296 cm³/mol. The number of ether oxygens (including phenoxy) is 1. The topological polar surface area (TPSA) is 38.3 Å². The van der Waals surface area contributed by atoms with E-state index in [2.05, 4.69) is 39.9 Å². The highest BCUT2D eigenvalue weighted by atomic mass is 16.5. The second-order valence-corrected chi connectivity index (χ2v) is 22.8. The maximum atomic E-state index is 13.9. The molecular weight excluding hydrogens is 803 g/mol. The van der Waals surface area contributed by atoms with Gasteiger partial charge in [0, 0.05) is 30.3 Å². The summed E-state index contributed by atoms with van der Waals surface area (Å²) in [5, 5.41) is 4.67. The van der Waals surface area contributed by atoms with Gasteiger partial charge in [-0.3, -0.25) is 4.79 Å². The number of hydrogen-bond donors (Lipinski definition) is 1. The fraction of sp³-hybridized carbons (Fsp3) is 0.984. The summed E-state index contributed by atoms with van der Waals surface area (Å²) in [6.07, 6.45) is 72.3. The SMILES string of the molecule is CCCCCCCCCCCCCCCCCC(=O)OC1CC(CCCCCCCCCC)(CCCCCCCCCC)NC(CCCCCCCCCC)(CCCCCCCCCC)C1. The Balaban J connectivity index is 3.04. The first-order chi connectivity index (χ1) is 32.5. The molecule has 0 radical (unpaired) electrons. The number of carbonyl (C=O) groups is 1. The molecule has 66 heavy (non-hydrogen) atoms. The molecule has 0 aliphatic carbocycles. The smallest absolute Gasteiger partial charge is 0.306 e. The molecule has 1 aliphatic heterocycles. The maximum absolute atomic E-state index is 13.9. The van der Waals surface area contributed by atoms with Crippen molar-refractivity contribution in [3.8, 4) is 0 Å². The van der Waals surface area contributed by atoms with Crippen molar-refractivity contribution in [2.45, 2.75) is 399 Å². The van der Waals surface area contributed by atoms with Gasteiger partial charge in [-0.1, -0.05) is 330 Å². The van der Waals surface area contributed by atoms with Crippen molar-refractivity contribution in [1.82, 2.24) is 5.32 Å². The Labute approximate surface area is 417 Å². The third-order valence-corrected chi connectivity index (χ3v) is 16.1. The lowest BCUT2D eigenvalue weighted by Gasteiger charge is -2.53. The molecule has 1 heterocycles. The Hall–Kier alpha value is -0.570. The summed E-state index contributed by atoms with van der Waals surface area (Å²) in [6.45, 7) is 11.6. The molecule has 0 spiro atoms. The lowest BCUT2D eigenvalue weighted by molar-refractivity contribution is -0.155. The zero-order valence-electron chi connectivity index (χ0n) is 46.6. The van der Waals surface area contributed by atoms with E-state index in [0.717, 1.165) is 19.3 Å². The summed E-state index contributed by atoms with van der Waals surface area (Å²) >= 11 is 0. The van der Waals surface area contributed by atoms with Gasteiger partial charge in [0.05, 0.1) is 0 Å². The van der Waals surface area contributed by atoms with Gasteiger partial charge in [0.25, 0.3) is 0 Å². The van der Waals surface area contributed by atoms with E-state index in [1.807, 2.05) is 0 Å². The van der Waals surface area contributed by atoms with E-state index in [4.69, 9.17) is 4.74 Å². The van der Waals surface area contributed by atoms with Gasteiger partial charge >= 0.3 is 5.97 Å². The molecular formula is C63H125NO2. The number of rotatable bonds is 53. The second kappa shape index (κ2) is 48.1.